The summed E-state index contributed by atoms with van der Waals surface area (Å²) in [5, 5.41) is 4.41. The van der Waals surface area contributed by atoms with Crippen LogP contribution >= 0.6 is 34.8 Å². The third-order valence-corrected chi connectivity index (χ3v) is 5.83. The molecule has 162 valence electrons. The van der Waals surface area contributed by atoms with Crippen LogP contribution in [-0.4, -0.2) is 28.8 Å². The van der Waals surface area contributed by atoms with E-state index in [-0.39, 0.29) is 30.8 Å². The van der Waals surface area contributed by atoms with E-state index in [2.05, 4.69) is 5.32 Å². The van der Waals surface area contributed by atoms with Gasteiger partial charge in [-0.05, 0) is 56.0 Å². The Balaban J connectivity index is 2.25. The first kappa shape index (κ1) is 24.5. The fourth-order valence-corrected chi connectivity index (χ4v) is 3.77. The van der Waals surface area contributed by atoms with Crippen LogP contribution in [0.5, 0.6) is 0 Å². The highest BCUT2D eigenvalue weighted by Gasteiger charge is 2.29. The molecule has 2 aromatic rings. The third-order valence-electron chi connectivity index (χ3n) is 4.72. The van der Waals surface area contributed by atoms with E-state index in [4.69, 9.17) is 34.8 Å². The maximum atomic E-state index is 13.2. The van der Waals surface area contributed by atoms with Crippen LogP contribution in [-0.2, 0) is 22.6 Å². The first-order chi connectivity index (χ1) is 14.2. The fraction of sp³-hybridized carbons (Fsp3) is 0.391. The van der Waals surface area contributed by atoms with Gasteiger partial charge in [-0.1, -0.05) is 66.0 Å². The third kappa shape index (κ3) is 6.90. The SMILES string of the molecule is CC[C@H](C(=O)NC(C)C)N(Cc1ccc(Cl)c(Cl)c1)C(=O)CCc1ccccc1Cl. The van der Waals surface area contributed by atoms with Crippen molar-refractivity contribution in [2.45, 2.75) is 58.7 Å². The maximum absolute atomic E-state index is 13.2. The number of hydrogen-bond donors (Lipinski definition) is 1. The van der Waals surface area contributed by atoms with Gasteiger partial charge in [-0.2, -0.15) is 0 Å². The van der Waals surface area contributed by atoms with E-state index in [9.17, 15) is 9.59 Å². The molecule has 1 atom stereocenters. The molecule has 7 heteroatoms. The summed E-state index contributed by atoms with van der Waals surface area (Å²) in [6, 6.07) is 12.1. The molecule has 1 N–H and O–H groups in total. The molecular formula is C23H27Cl3N2O2. The molecule has 2 amide bonds. The molecule has 0 radical (unpaired) electrons. The van der Waals surface area contributed by atoms with Crippen LogP contribution < -0.4 is 5.32 Å². The zero-order valence-corrected chi connectivity index (χ0v) is 19.7. The molecule has 0 spiro atoms. The van der Waals surface area contributed by atoms with Crippen LogP contribution in [0.25, 0.3) is 0 Å². The smallest absolute Gasteiger partial charge is 0.243 e. The average molecular weight is 470 g/mol. The highest BCUT2D eigenvalue weighted by atomic mass is 35.5. The quantitative estimate of drug-likeness (QED) is 0.496. The number of nitrogens with zero attached hydrogens (tertiary/aromatic N) is 1. The number of carbonyl (C=O) groups is 2. The van der Waals surface area contributed by atoms with E-state index < -0.39 is 6.04 Å². The average Bonchev–Trinajstić information content (AvgIpc) is 2.69. The van der Waals surface area contributed by atoms with E-state index in [1.54, 1.807) is 23.1 Å². The summed E-state index contributed by atoms with van der Waals surface area (Å²) < 4.78 is 0. The molecule has 0 aliphatic heterocycles. The molecule has 0 heterocycles. The predicted octanol–water partition coefficient (Wildman–Crippen LogP) is 5.91. The minimum Gasteiger partial charge on any atom is -0.352 e. The normalized spacial score (nSPS) is 12.0. The van der Waals surface area contributed by atoms with Crippen molar-refractivity contribution < 1.29 is 9.59 Å². The van der Waals surface area contributed by atoms with Gasteiger partial charge in [0.2, 0.25) is 11.8 Å². The summed E-state index contributed by atoms with van der Waals surface area (Å²) in [7, 11) is 0. The summed E-state index contributed by atoms with van der Waals surface area (Å²) in [6.07, 6.45) is 1.24. The first-order valence-electron chi connectivity index (χ1n) is 10.00. The van der Waals surface area contributed by atoms with E-state index in [0.717, 1.165) is 11.1 Å². The molecule has 2 aromatic carbocycles. The maximum Gasteiger partial charge on any atom is 0.243 e. The highest BCUT2D eigenvalue weighted by molar-refractivity contribution is 6.42. The molecule has 0 aliphatic carbocycles. The van der Waals surface area contributed by atoms with Crippen molar-refractivity contribution in [3.8, 4) is 0 Å². The Morgan fingerprint density at radius 3 is 2.30 bits per heavy atom. The van der Waals surface area contributed by atoms with Gasteiger partial charge in [0.15, 0.2) is 0 Å². The minimum atomic E-state index is -0.583. The molecule has 0 aromatic heterocycles. The zero-order valence-electron chi connectivity index (χ0n) is 17.4. The van der Waals surface area contributed by atoms with Crippen molar-refractivity contribution in [3.63, 3.8) is 0 Å². The lowest BCUT2D eigenvalue weighted by Crippen LogP contribution is -2.50. The summed E-state index contributed by atoms with van der Waals surface area (Å²) in [5.41, 5.74) is 1.72. The number of carbonyl (C=O) groups excluding carboxylic acids is 2. The molecule has 0 unspecified atom stereocenters. The van der Waals surface area contributed by atoms with Gasteiger partial charge in [0.05, 0.1) is 10.0 Å². The highest BCUT2D eigenvalue weighted by Crippen LogP contribution is 2.25. The molecule has 0 fully saturated rings. The lowest BCUT2D eigenvalue weighted by Gasteiger charge is -2.31. The van der Waals surface area contributed by atoms with Crippen molar-refractivity contribution >= 4 is 46.6 Å². The molecule has 30 heavy (non-hydrogen) atoms. The largest absolute Gasteiger partial charge is 0.352 e. The number of rotatable bonds is 9. The Morgan fingerprint density at radius 2 is 1.70 bits per heavy atom. The number of nitrogens with one attached hydrogen (secondary N) is 1. The van der Waals surface area contributed by atoms with Crippen LogP contribution in [0.4, 0.5) is 0 Å². The monoisotopic (exact) mass is 468 g/mol. The van der Waals surface area contributed by atoms with Crippen LogP contribution in [0.2, 0.25) is 15.1 Å². The molecule has 0 aliphatic rings. The summed E-state index contributed by atoms with van der Waals surface area (Å²) >= 11 is 18.4. The van der Waals surface area contributed by atoms with Gasteiger partial charge in [-0.3, -0.25) is 9.59 Å². The molecule has 2 rings (SSSR count). The molecule has 0 saturated heterocycles. The predicted molar refractivity (Wildman–Crippen MR) is 124 cm³/mol. The van der Waals surface area contributed by atoms with Gasteiger partial charge in [0.1, 0.15) is 6.04 Å². The van der Waals surface area contributed by atoms with Gasteiger partial charge in [0, 0.05) is 24.0 Å². The van der Waals surface area contributed by atoms with Crippen molar-refractivity contribution in [2.24, 2.45) is 0 Å². The molecule has 0 bridgehead atoms. The van der Waals surface area contributed by atoms with Crippen LogP contribution in [0.15, 0.2) is 42.5 Å². The van der Waals surface area contributed by atoms with E-state index in [1.807, 2.05) is 45.0 Å². The van der Waals surface area contributed by atoms with Crippen molar-refractivity contribution in [1.82, 2.24) is 10.2 Å². The second-order valence-corrected chi connectivity index (χ2v) is 8.67. The molecular weight excluding hydrogens is 443 g/mol. The van der Waals surface area contributed by atoms with Crippen molar-refractivity contribution in [1.29, 1.82) is 0 Å². The van der Waals surface area contributed by atoms with Crippen LogP contribution in [0.3, 0.4) is 0 Å². The van der Waals surface area contributed by atoms with Gasteiger partial charge in [-0.15, -0.1) is 0 Å². The summed E-state index contributed by atoms with van der Waals surface area (Å²) in [5.74, 6) is -0.287. The lowest BCUT2D eigenvalue weighted by atomic mass is 10.1. The fourth-order valence-electron chi connectivity index (χ4n) is 3.22. The number of amides is 2. The molecule has 4 nitrogen and oxygen atoms in total. The van der Waals surface area contributed by atoms with Crippen LogP contribution in [0, 0.1) is 0 Å². The van der Waals surface area contributed by atoms with E-state index in [1.165, 1.54) is 0 Å². The van der Waals surface area contributed by atoms with E-state index >= 15 is 0 Å². The second kappa shape index (κ2) is 11.6. The number of hydrogen-bond acceptors (Lipinski definition) is 2. The standard InChI is InChI=1S/C23H27Cl3N2O2/c1-4-21(23(30)27-15(2)3)28(14-16-9-11-19(25)20(26)13-16)22(29)12-10-17-7-5-6-8-18(17)24/h5-9,11,13,15,21H,4,10,12,14H2,1-3H3,(H,27,30)/t21-/m1/s1. The zero-order chi connectivity index (χ0) is 22.3. The Labute approximate surface area is 193 Å². The topological polar surface area (TPSA) is 49.4 Å². The second-order valence-electron chi connectivity index (χ2n) is 7.45. The minimum absolute atomic E-state index is 0.0170. The van der Waals surface area contributed by atoms with Gasteiger partial charge in [0.25, 0.3) is 0 Å². The van der Waals surface area contributed by atoms with Crippen molar-refractivity contribution in [3.05, 3.63) is 68.7 Å². The first-order valence-corrected chi connectivity index (χ1v) is 11.1. The number of aryl methyl sites for hydroxylation is 1. The van der Waals surface area contributed by atoms with E-state index in [0.29, 0.717) is 27.9 Å². The Morgan fingerprint density at radius 1 is 1.00 bits per heavy atom. The Kier molecular flexibility index (Phi) is 9.47. The van der Waals surface area contributed by atoms with Crippen LogP contribution in [0.1, 0.15) is 44.7 Å². The van der Waals surface area contributed by atoms with Gasteiger partial charge < -0.3 is 10.2 Å². The Hall–Kier alpha value is -1.75. The number of benzene rings is 2. The molecule has 0 saturated carbocycles. The Bertz CT molecular complexity index is 887. The van der Waals surface area contributed by atoms with Gasteiger partial charge in [-0.25, -0.2) is 0 Å². The summed E-state index contributed by atoms with van der Waals surface area (Å²) in [4.78, 5) is 27.6. The lowest BCUT2D eigenvalue weighted by molar-refractivity contribution is -0.141. The summed E-state index contributed by atoms with van der Waals surface area (Å²) in [6.45, 7) is 5.95. The number of halogens is 3. The van der Waals surface area contributed by atoms with Gasteiger partial charge >= 0.3 is 0 Å². The van der Waals surface area contributed by atoms with Crippen molar-refractivity contribution in [2.75, 3.05) is 0 Å².